The Balaban J connectivity index is 2.31. The lowest BCUT2D eigenvalue weighted by atomic mass is 9.57. The van der Waals surface area contributed by atoms with E-state index < -0.39 is 11.3 Å². The maximum absolute atomic E-state index is 9.93. The number of nitrogens with two attached hydrogens (primary N) is 1. The molecule has 2 atom stereocenters. The lowest BCUT2D eigenvalue weighted by molar-refractivity contribution is 0.316. The van der Waals surface area contributed by atoms with Gasteiger partial charge in [0.05, 0.1) is 30.5 Å². The summed E-state index contributed by atoms with van der Waals surface area (Å²) in [6, 6.07) is 13.8. The molecule has 0 saturated heterocycles. The fourth-order valence-electron chi connectivity index (χ4n) is 4.08. The number of hydrogen-bond donors (Lipinski definition) is 1. The molecule has 0 amide bonds. The Labute approximate surface area is 147 Å². The van der Waals surface area contributed by atoms with Crippen molar-refractivity contribution >= 4 is 0 Å². The molecule has 124 valence electrons. The van der Waals surface area contributed by atoms with Crippen LogP contribution < -0.4 is 10.5 Å². The molecule has 1 aromatic carbocycles. The molecular formula is C20H18N4O. The van der Waals surface area contributed by atoms with Crippen LogP contribution in [0.1, 0.15) is 30.7 Å². The van der Waals surface area contributed by atoms with Crippen molar-refractivity contribution in [3.8, 4) is 24.0 Å². The minimum atomic E-state index is -1.56. The molecule has 0 bridgehead atoms. The van der Waals surface area contributed by atoms with Crippen LogP contribution in [0.25, 0.3) is 0 Å². The van der Waals surface area contributed by atoms with Crippen molar-refractivity contribution in [1.29, 1.82) is 15.8 Å². The Kier molecular flexibility index (Phi) is 4.22. The molecule has 0 fully saturated rings. The molecule has 0 heterocycles. The number of nitrogens with zero attached hydrogens (tertiary/aromatic N) is 3. The van der Waals surface area contributed by atoms with Gasteiger partial charge in [0.2, 0.25) is 0 Å². The van der Waals surface area contributed by atoms with Crippen molar-refractivity contribution in [1.82, 2.24) is 0 Å². The van der Waals surface area contributed by atoms with Crippen LogP contribution in [-0.2, 0) is 0 Å². The van der Waals surface area contributed by atoms with Crippen molar-refractivity contribution in [2.45, 2.75) is 25.2 Å². The maximum atomic E-state index is 9.93. The number of hydrogen-bond acceptors (Lipinski definition) is 5. The van der Waals surface area contributed by atoms with E-state index in [-0.39, 0.29) is 11.6 Å². The molecule has 0 unspecified atom stereocenters. The predicted octanol–water partition coefficient (Wildman–Crippen LogP) is 3.29. The van der Waals surface area contributed by atoms with Crippen molar-refractivity contribution in [3.63, 3.8) is 0 Å². The highest BCUT2D eigenvalue weighted by Gasteiger charge is 2.53. The van der Waals surface area contributed by atoms with E-state index in [0.717, 1.165) is 30.4 Å². The van der Waals surface area contributed by atoms with E-state index in [2.05, 4.69) is 18.2 Å². The average molecular weight is 330 g/mol. The molecule has 2 N–H and O–H groups in total. The van der Waals surface area contributed by atoms with Crippen LogP contribution >= 0.6 is 0 Å². The Morgan fingerprint density at radius 1 is 1.24 bits per heavy atom. The van der Waals surface area contributed by atoms with Crippen LogP contribution in [-0.4, -0.2) is 7.11 Å². The van der Waals surface area contributed by atoms with Crippen LogP contribution in [0, 0.1) is 45.3 Å². The monoisotopic (exact) mass is 330 g/mol. The van der Waals surface area contributed by atoms with Gasteiger partial charge in [-0.05, 0) is 48.4 Å². The molecule has 0 aromatic heterocycles. The summed E-state index contributed by atoms with van der Waals surface area (Å²) in [6.07, 6.45) is 4.68. The fraction of sp³-hybridized carbons (Fsp3) is 0.350. The first kappa shape index (κ1) is 16.6. The van der Waals surface area contributed by atoms with E-state index in [1.54, 1.807) is 7.11 Å². The first-order chi connectivity index (χ1) is 12.1. The molecule has 5 nitrogen and oxygen atoms in total. The van der Waals surface area contributed by atoms with Gasteiger partial charge in [-0.25, -0.2) is 0 Å². The topological polar surface area (TPSA) is 107 Å². The second-order valence-electron chi connectivity index (χ2n) is 6.38. The Hall–Kier alpha value is -3.23. The van der Waals surface area contributed by atoms with E-state index >= 15 is 0 Å². The lowest BCUT2D eigenvalue weighted by Gasteiger charge is -2.43. The van der Waals surface area contributed by atoms with Crippen molar-refractivity contribution in [2.24, 2.45) is 17.1 Å². The SMILES string of the molecule is COc1cccc([C@@H]2[C@@H]3CCCC=C3C(C#N)=C(N)C2(C#N)C#N)c1. The summed E-state index contributed by atoms with van der Waals surface area (Å²) in [5.74, 6) is 0.153. The van der Waals surface area contributed by atoms with Crippen LogP contribution in [0.4, 0.5) is 0 Å². The van der Waals surface area contributed by atoms with Crippen molar-refractivity contribution < 1.29 is 4.74 Å². The quantitative estimate of drug-likeness (QED) is 0.895. The smallest absolute Gasteiger partial charge is 0.191 e. The molecule has 0 aliphatic heterocycles. The van der Waals surface area contributed by atoms with E-state index in [1.807, 2.05) is 30.3 Å². The molecule has 2 aliphatic carbocycles. The third-order valence-corrected chi connectivity index (χ3v) is 5.25. The Bertz CT molecular complexity index is 877. The van der Waals surface area contributed by atoms with Gasteiger partial charge in [0.25, 0.3) is 0 Å². The van der Waals surface area contributed by atoms with Crippen LogP contribution in [0.15, 0.2) is 47.2 Å². The average Bonchev–Trinajstić information content (AvgIpc) is 2.67. The van der Waals surface area contributed by atoms with E-state index in [9.17, 15) is 15.8 Å². The third-order valence-electron chi connectivity index (χ3n) is 5.25. The molecule has 1 aromatic rings. The van der Waals surface area contributed by atoms with Crippen LogP contribution in [0.5, 0.6) is 5.75 Å². The molecule has 5 heteroatoms. The van der Waals surface area contributed by atoms with Crippen LogP contribution in [0.3, 0.4) is 0 Å². The highest BCUT2D eigenvalue weighted by atomic mass is 16.5. The van der Waals surface area contributed by atoms with Gasteiger partial charge in [-0.15, -0.1) is 0 Å². The maximum Gasteiger partial charge on any atom is 0.191 e. The normalized spacial score (nSPS) is 24.2. The first-order valence-electron chi connectivity index (χ1n) is 8.20. The lowest BCUT2D eigenvalue weighted by Crippen LogP contribution is -2.42. The fourth-order valence-corrected chi connectivity index (χ4v) is 4.08. The molecule has 25 heavy (non-hydrogen) atoms. The number of fused-ring (bicyclic) bond motifs is 1. The predicted molar refractivity (Wildman–Crippen MR) is 91.6 cm³/mol. The number of benzene rings is 1. The minimum absolute atomic E-state index is 0.0669. The van der Waals surface area contributed by atoms with Gasteiger partial charge in [-0.1, -0.05) is 18.2 Å². The Morgan fingerprint density at radius 2 is 2.00 bits per heavy atom. The summed E-state index contributed by atoms with van der Waals surface area (Å²) in [6.45, 7) is 0. The molecule has 0 spiro atoms. The third kappa shape index (κ3) is 2.35. The number of ether oxygens (including phenoxy) is 1. The van der Waals surface area contributed by atoms with Crippen molar-refractivity contribution in [3.05, 3.63) is 52.7 Å². The zero-order valence-corrected chi connectivity index (χ0v) is 14.0. The van der Waals surface area contributed by atoms with Crippen molar-refractivity contribution in [2.75, 3.05) is 7.11 Å². The highest BCUT2D eigenvalue weighted by molar-refractivity contribution is 5.59. The van der Waals surface area contributed by atoms with E-state index in [0.29, 0.717) is 11.3 Å². The van der Waals surface area contributed by atoms with Gasteiger partial charge in [-0.2, -0.15) is 15.8 Å². The van der Waals surface area contributed by atoms with Gasteiger partial charge in [0.1, 0.15) is 11.8 Å². The van der Waals surface area contributed by atoms with E-state index in [4.69, 9.17) is 10.5 Å². The van der Waals surface area contributed by atoms with Gasteiger partial charge in [0.15, 0.2) is 5.41 Å². The summed E-state index contributed by atoms with van der Waals surface area (Å²) < 4.78 is 5.31. The summed E-state index contributed by atoms with van der Waals surface area (Å²) in [5.41, 5.74) is 6.75. The molecule has 2 aliphatic rings. The van der Waals surface area contributed by atoms with Gasteiger partial charge >= 0.3 is 0 Å². The summed E-state index contributed by atoms with van der Waals surface area (Å²) in [4.78, 5) is 0. The summed E-state index contributed by atoms with van der Waals surface area (Å²) in [7, 11) is 1.58. The molecule has 0 radical (unpaired) electrons. The summed E-state index contributed by atoms with van der Waals surface area (Å²) in [5, 5.41) is 29.4. The standard InChI is InChI=1S/C20H18N4O/c1-25-14-6-4-5-13(9-14)18-16-8-3-2-7-15(16)17(10-21)19(24)20(18,11-22)12-23/h4-7,9,16,18H,2-3,8,24H2,1H3/t16-,18-/m1/s1. The van der Waals surface area contributed by atoms with Crippen LogP contribution in [0.2, 0.25) is 0 Å². The number of rotatable bonds is 2. The minimum Gasteiger partial charge on any atom is -0.497 e. The largest absolute Gasteiger partial charge is 0.497 e. The molecule has 0 saturated carbocycles. The second-order valence-corrected chi connectivity index (χ2v) is 6.38. The zero-order valence-electron chi connectivity index (χ0n) is 14.0. The second kappa shape index (κ2) is 6.34. The highest BCUT2D eigenvalue weighted by Crippen LogP contribution is 2.55. The number of nitriles is 3. The molecule has 3 rings (SSSR count). The van der Waals surface area contributed by atoms with Gasteiger partial charge in [-0.3, -0.25) is 0 Å². The van der Waals surface area contributed by atoms with E-state index in [1.165, 1.54) is 0 Å². The summed E-state index contributed by atoms with van der Waals surface area (Å²) >= 11 is 0. The van der Waals surface area contributed by atoms with Gasteiger partial charge < -0.3 is 10.5 Å². The zero-order chi connectivity index (χ0) is 18.0. The number of methoxy groups -OCH3 is 1. The van der Waals surface area contributed by atoms with Gasteiger partial charge in [0, 0.05) is 5.92 Å². The number of allylic oxidation sites excluding steroid dienone is 4. The first-order valence-corrected chi connectivity index (χ1v) is 8.20. The molecular weight excluding hydrogens is 312 g/mol. The Morgan fingerprint density at radius 3 is 2.64 bits per heavy atom.